The highest BCUT2D eigenvalue weighted by molar-refractivity contribution is 7.89. The molecule has 3 aromatic rings. The second-order valence-electron chi connectivity index (χ2n) is 8.12. The van der Waals surface area contributed by atoms with E-state index in [2.05, 4.69) is 5.32 Å². The van der Waals surface area contributed by atoms with Gasteiger partial charge in [-0.2, -0.15) is 4.31 Å². The molecule has 10 heteroatoms. The van der Waals surface area contributed by atoms with E-state index >= 15 is 0 Å². The molecule has 1 N–H and O–H groups in total. The van der Waals surface area contributed by atoms with Crippen LogP contribution < -0.4 is 5.32 Å². The number of rotatable bonds is 5. The molecule has 1 aliphatic rings. The highest BCUT2D eigenvalue weighted by atomic mass is 32.2. The smallest absolute Gasteiger partial charge is 0.255 e. The van der Waals surface area contributed by atoms with Crippen LogP contribution in [0.1, 0.15) is 26.3 Å². The van der Waals surface area contributed by atoms with E-state index in [1.54, 1.807) is 42.5 Å². The molecule has 1 saturated heterocycles. The summed E-state index contributed by atoms with van der Waals surface area (Å²) in [4.78, 5) is 26.5. The Morgan fingerprint density at radius 1 is 0.857 bits per heavy atom. The zero-order valence-electron chi connectivity index (χ0n) is 18.9. The Bertz CT molecular complexity index is 1370. The third-order valence-corrected chi connectivity index (χ3v) is 7.74. The van der Waals surface area contributed by atoms with Crippen LogP contribution in [0.3, 0.4) is 0 Å². The van der Waals surface area contributed by atoms with E-state index in [0.29, 0.717) is 22.9 Å². The number of amides is 2. The van der Waals surface area contributed by atoms with E-state index in [1.165, 1.54) is 4.90 Å². The number of carbonyl (C=O) groups excluding carboxylic acids is 2. The zero-order valence-corrected chi connectivity index (χ0v) is 19.7. The number of hydrogen-bond donors (Lipinski definition) is 1. The summed E-state index contributed by atoms with van der Waals surface area (Å²) in [5, 5.41) is 2.82. The molecule has 0 bridgehead atoms. The van der Waals surface area contributed by atoms with Crippen LogP contribution in [0.25, 0.3) is 0 Å². The molecule has 3 aromatic carbocycles. The Hall–Kier alpha value is -3.63. The highest BCUT2D eigenvalue weighted by Gasteiger charge is 2.32. The van der Waals surface area contributed by atoms with Gasteiger partial charge in [-0.05, 0) is 48.9 Å². The molecule has 35 heavy (non-hydrogen) atoms. The Morgan fingerprint density at radius 3 is 2.20 bits per heavy atom. The number of sulfonamides is 1. The van der Waals surface area contributed by atoms with Crippen molar-refractivity contribution in [3.8, 4) is 0 Å². The molecule has 0 spiro atoms. The van der Waals surface area contributed by atoms with E-state index in [1.807, 2.05) is 13.0 Å². The first-order valence-corrected chi connectivity index (χ1v) is 12.3. The molecule has 7 nitrogen and oxygen atoms in total. The monoisotopic (exact) mass is 499 g/mol. The molecule has 0 atom stereocenters. The van der Waals surface area contributed by atoms with Crippen molar-refractivity contribution in [2.75, 3.05) is 31.5 Å². The molecule has 0 aliphatic carbocycles. The summed E-state index contributed by atoms with van der Waals surface area (Å²) in [5.41, 5.74) is 2.11. The summed E-state index contributed by atoms with van der Waals surface area (Å²) in [6, 6.07) is 16.0. The molecular formula is C25H23F2N3O4S. The molecule has 1 aliphatic heterocycles. The average Bonchev–Trinajstić information content (AvgIpc) is 2.85. The molecule has 2 amide bonds. The van der Waals surface area contributed by atoms with Crippen molar-refractivity contribution in [3.63, 3.8) is 0 Å². The van der Waals surface area contributed by atoms with Crippen LogP contribution in [-0.4, -0.2) is 55.6 Å². The molecule has 1 fully saturated rings. The quantitative estimate of drug-likeness (QED) is 0.581. The van der Waals surface area contributed by atoms with Crippen LogP contribution in [0.15, 0.2) is 71.6 Å². The minimum atomic E-state index is -4.17. The van der Waals surface area contributed by atoms with Crippen LogP contribution in [0.4, 0.5) is 14.5 Å². The highest BCUT2D eigenvalue weighted by Crippen LogP contribution is 2.23. The van der Waals surface area contributed by atoms with E-state index in [-0.39, 0.29) is 38.0 Å². The van der Waals surface area contributed by atoms with E-state index < -0.39 is 26.6 Å². The lowest BCUT2D eigenvalue weighted by atomic mass is 10.1. The number of benzene rings is 3. The molecule has 182 valence electrons. The van der Waals surface area contributed by atoms with Crippen LogP contribution >= 0.6 is 0 Å². The standard InChI is InChI=1S/C25H23F2N3O4S/c1-17-7-8-19(15-22(17)28-24(31)18-5-3-2-4-6-18)25(32)29-11-13-30(14-12-29)35(33,34)23-10-9-20(26)16-21(23)27/h2-10,15-16H,11-14H2,1H3,(H,28,31). The normalized spacial score (nSPS) is 14.5. The summed E-state index contributed by atoms with van der Waals surface area (Å²) in [5.74, 6) is -2.64. The van der Waals surface area contributed by atoms with E-state index in [4.69, 9.17) is 0 Å². The summed E-state index contributed by atoms with van der Waals surface area (Å²) in [6.07, 6.45) is 0. The van der Waals surface area contributed by atoms with Gasteiger partial charge in [-0.25, -0.2) is 17.2 Å². The summed E-state index contributed by atoms with van der Waals surface area (Å²) in [6.45, 7) is 1.94. The van der Waals surface area contributed by atoms with Crippen molar-refractivity contribution < 1.29 is 26.8 Å². The average molecular weight is 500 g/mol. The van der Waals surface area contributed by atoms with Crippen LogP contribution in [0.5, 0.6) is 0 Å². The number of anilines is 1. The lowest BCUT2D eigenvalue weighted by Gasteiger charge is -2.34. The Balaban J connectivity index is 1.45. The summed E-state index contributed by atoms with van der Waals surface area (Å²) >= 11 is 0. The molecule has 0 unspecified atom stereocenters. The van der Waals surface area contributed by atoms with Gasteiger partial charge < -0.3 is 10.2 Å². The number of aryl methyl sites for hydroxylation is 1. The van der Waals surface area contributed by atoms with E-state index in [0.717, 1.165) is 22.0 Å². The Labute approximate surface area is 202 Å². The molecule has 0 radical (unpaired) electrons. The first kappa shape index (κ1) is 24.5. The second-order valence-corrected chi connectivity index (χ2v) is 10.0. The minimum absolute atomic E-state index is 0.0334. The van der Waals surface area contributed by atoms with Gasteiger partial charge in [0.1, 0.15) is 16.5 Å². The molecule has 0 aromatic heterocycles. The number of piperazine rings is 1. The minimum Gasteiger partial charge on any atom is -0.336 e. The Morgan fingerprint density at radius 2 is 1.54 bits per heavy atom. The van der Waals surface area contributed by atoms with Gasteiger partial charge >= 0.3 is 0 Å². The second kappa shape index (κ2) is 9.93. The van der Waals surface area contributed by atoms with Crippen molar-refractivity contribution in [1.29, 1.82) is 0 Å². The number of carbonyl (C=O) groups is 2. The molecular weight excluding hydrogens is 476 g/mol. The van der Waals surface area contributed by atoms with Crippen LogP contribution in [0, 0.1) is 18.6 Å². The predicted octanol–water partition coefficient (Wildman–Crippen LogP) is 3.67. The van der Waals surface area contributed by atoms with Gasteiger partial charge in [0.05, 0.1) is 0 Å². The third kappa shape index (κ3) is 5.23. The lowest BCUT2D eigenvalue weighted by molar-refractivity contribution is 0.0697. The third-order valence-electron chi connectivity index (χ3n) is 5.81. The maximum atomic E-state index is 14.1. The molecule has 4 rings (SSSR count). The molecule has 0 saturated carbocycles. The van der Waals surface area contributed by atoms with Crippen molar-refractivity contribution in [2.45, 2.75) is 11.8 Å². The largest absolute Gasteiger partial charge is 0.336 e. The van der Waals surface area contributed by atoms with Crippen molar-refractivity contribution >= 4 is 27.5 Å². The van der Waals surface area contributed by atoms with Gasteiger partial charge in [-0.15, -0.1) is 0 Å². The number of halogens is 2. The summed E-state index contributed by atoms with van der Waals surface area (Å²) in [7, 11) is -4.17. The Kier molecular flexibility index (Phi) is 6.95. The van der Waals surface area contributed by atoms with E-state index in [9.17, 15) is 26.8 Å². The SMILES string of the molecule is Cc1ccc(C(=O)N2CCN(S(=O)(=O)c3ccc(F)cc3F)CC2)cc1NC(=O)c1ccccc1. The topological polar surface area (TPSA) is 86.8 Å². The van der Waals surface area contributed by atoms with Crippen molar-refractivity contribution in [3.05, 3.63) is 95.1 Å². The first-order chi connectivity index (χ1) is 16.7. The van der Waals surface area contributed by atoms with Gasteiger partial charge in [-0.3, -0.25) is 9.59 Å². The zero-order chi connectivity index (χ0) is 25.2. The van der Waals surface area contributed by atoms with Gasteiger partial charge in [0, 0.05) is 49.1 Å². The summed E-state index contributed by atoms with van der Waals surface area (Å²) < 4.78 is 53.9. The number of nitrogens with zero attached hydrogens (tertiary/aromatic N) is 2. The van der Waals surface area contributed by atoms with Crippen molar-refractivity contribution in [1.82, 2.24) is 9.21 Å². The van der Waals surface area contributed by atoms with Crippen LogP contribution in [0.2, 0.25) is 0 Å². The fourth-order valence-electron chi connectivity index (χ4n) is 3.81. The fraction of sp³-hybridized carbons (Fsp3) is 0.200. The van der Waals surface area contributed by atoms with Gasteiger partial charge in [-0.1, -0.05) is 24.3 Å². The maximum Gasteiger partial charge on any atom is 0.255 e. The maximum absolute atomic E-state index is 14.1. The lowest BCUT2D eigenvalue weighted by Crippen LogP contribution is -2.50. The van der Waals surface area contributed by atoms with Gasteiger partial charge in [0.15, 0.2) is 0 Å². The number of hydrogen-bond acceptors (Lipinski definition) is 4. The van der Waals surface area contributed by atoms with Gasteiger partial charge in [0.25, 0.3) is 11.8 Å². The predicted molar refractivity (Wildman–Crippen MR) is 127 cm³/mol. The fourth-order valence-corrected chi connectivity index (χ4v) is 5.28. The molecule has 1 heterocycles. The first-order valence-electron chi connectivity index (χ1n) is 10.9. The van der Waals surface area contributed by atoms with Crippen LogP contribution in [-0.2, 0) is 10.0 Å². The van der Waals surface area contributed by atoms with Gasteiger partial charge in [0.2, 0.25) is 10.0 Å². The number of nitrogens with one attached hydrogen (secondary N) is 1. The van der Waals surface area contributed by atoms with Crippen molar-refractivity contribution in [2.24, 2.45) is 0 Å².